The quantitative estimate of drug-likeness (QED) is 0.636. The lowest BCUT2D eigenvalue weighted by Gasteiger charge is -2.09. The second-order valence-electron chi connectivity index (χ2n) is 4.33. The maximum absolute atomic E-state index is 12.2. The summed E-state index contributed by atoms with van der Waals surface area (Å²) >= 11 is 9.27. The van der Waals surface area contributed by atoms with E-state index in [2.05, 4.69) is 21.2 Å². The first-order chi connectivity index (χ1) is 9.88. The molecule has 0 heterocycles. The SMILES string of the molecule is Cc1cc(Br)ccc1NC(=O)c1cc([N+](=O)[O-])ccc1Cl. The lowest BCUT2D eigenvalue weighted by atomic mass is 10.1. The molecule has 1 N–H and O–H groups in total. The van der Waals surface area contributed by atoms with Gasteiger partial charge in [-0.3, -0.25) is 14.9 Å². The summed E-state index contributed by atoms with van der Waals surface area (Å²) in [5.74, 6) is -0.492. The molecule has 0 aliphatic rings. The van der Waals surface area contributed by atoms with Crippen LogP contribution in [-0.4, -0.2) is 10.8 Å². The summed E-state index contributed by atoms with van der Waals surface area (Å²) < 4.78 is 0.895. The molecule has 0 unspecified atom stereocenters. The smallest absolute Gasteiger partial charge is 0.270 e. The van der Waals surface area contributed by atoms with Gasteiger partial charge in [-0.05, 0) is 36.8 Å². The highest BCUT2D eigenvalue weighted by Gasteiger charge is 2.16. The van der Waals surface area contributed by atoms with Crippen LogP contribution in [0.25, 0.3) is 0 Å². The summed E-state index contributed by atoms with van der Waals surface area (Å²) in [6.45, 7) is 1.84. The molecule has 21 heavy (non-hydrogen) atoms. The van der Waals surface area contributed by atoms with Crippen molar-refractivity contribution in [2.45, 2.75) is 6.92 Å². The number of carbonyl (C=O) groups excluding carboxylic acids is 1. The average Bonchev–Trinajstić information content (AvgIpc) is 2.42. The molecule has 5 nitrogen and oxygen atoms in total. The molecule has 1 amide bonds. The summed E-state index contributed by atoms with van der Waals surface area (Å²) in [5.41, 5.74) is 1.36. The summed E-state index contributed by atoms with van der Waals surface area (Å²) in [7, 11) is 0. The van der Waals surface area contributed by atoms with E-state index in [1.54, 1.807) is 12.1 Å². The van der Waals surface area contributed by atoms with Crippen LogP contribution >= 0.6 is 27.5 Å². The molecule has 0 saturated carbocycles. The molecule has 0 radical (unpaired) electrons. The third-order valence-corrected chi connectivity index (χ3v) is 3.66. The van der Waals surface area contributed by atoms with Crippen molar-refractivity contribution in [3.63, 3.8) is 0 Å². The molecular weight excluding hydrogens is 360 g/mol. The number of hydrogen-bond acceptors (Lipinski definition) is 3. The highest BCUT2D eigenvalue weighted by molar-refractivity contribution is 9.10. The first-order valence-electron chi connectivity index (χ1n) is 5.90. The first kappa shape index (κ1) is 15.5. The van der Waals surface area contributed by atoms with Gasteiger partial charge >= 0.3 is 0 Å². The number of anilines is 1. The van der Waals surface area contributed by atoms with E-state index in [9.17, 15) is 14.9 Å². The number of nitrogens with one attached hydrogen (secondary N) is 1. The number of benzene rings is 2. The Morgan fingerprint density at radius 3 is 2.62 bits per heavy atom. The van der Waals surface area contributed by atoms with E-state index < -0.39 is 10.8 Å². The fourth-order valence-electron chi connectivity index (χ4n) is 1.76. The Labute approximate surface area is 134 Å². The van der Waals surface area contributed by atoms with Gasteiger partial charge in [-0.15, -0.1) is 0 Å². The van der Waals surface area contributed by atoms with E-state index in [0.717, 1.165) is 16.1 Å². The number of halogens is 2. The number of nitrogens with zero attached hydrogens (tertiary/aromatic N) is 1. The molecule has 0 bridgehead atoms. The van der Waals surface area contributed by atoms with Gasteiger partial charge in [0.05, 0.1) is 15.5 Å². The minimum atomic E-state index is -0.571. The summed E-state index contributed by atoms with van der Waals surface area (Å²) in [6, 6.07) is 9.13. The Bertz CT molecular complexity index is 734. The van der Waals surface area contributed by atoms with E-state index in [-0.39, 0.29) is 16.3 Å². The summed E-state index contributed by atoms with van der Waals surface area (Å²) in [4.78, 5) is 22.4. The highest BCUT2D eigenvalue weighted by atomic mass is 79.9. The second kappa shape index (κ2) is 6.24. The fourth-order valence-corrected chi connectivity index (χ4v) is 2.44. The van der Waals surface area contributed by atoms with Gasteiger partial charge < -0.3 is 5.32 Å². The minimum Gasteiger partial charge on any atom is -0.322 e. The molecule has 2 aromatic rings. The van der Waals surface area contributed by atoms with Crippen molar-refractivity contribution in [2.24, 2.45) is 0 Å². The van der Waals surface area contributed by atoms with Gasteiger partial charge in [0.25, 0.3) is 11.6 Å². The van der Waals surface area contributed by atoms with Gasteiger partial charge in [0.1, 0.15) is 0 Å². The number of nitro groups is 1. The van der Waals surface area contributed by atoms with Gasteiger partial charge in [-0.2, -0.15) is 0 Å². The first-order valence-corrected chi connectivity index (χ1v) is 7.07. The van der Waals surface area contributed by atoms with Crippen molar-refractivity contribution >= 4 is 44.8 Å². The van der Waals surface area contributed by atoms with E-state index in [1.807, 2.05) is 13.0 Å². The zero-order valence-corrected chi connectivity index (χ0v) is 13.2. The average molecular weight is 370 g/mol. The number of non-ortho nitro benzene ring substituents is 1. The molecule has 0 fully saturated rings. The number of hydrogen-bond donors (Lipinski definition) is 1. The van der Waals surface area contributed by atoms with Crippen molar-refractivity contribution < 1.29 is 9.72 Å². The topological polar surface area (TPSA) is 72.2 Å². The van der Waals surface area contributed by atoms with Crippen LogP contribution in [0, 0.1) is 17.0 Å². The predicted octanol–water partition coefficient (Wildman–Crippen LogP) is 4.57. The maximum atomic E-state index is 12.2. The largest absolute Gasteiger partial charge is 0.322 e. The third kappa shape index (κ3) is 3.59. The molecular formula is C14H10BrClN2O3. The molecule has 7 heteroatoms. The number of rotatable bonds is 3. The van der Waals surface area contributed by atoms with Crippen LogP contribution in [0.2, 0.25) is 5.02 Å². The lowest BCUT2D eigenvalue weighted by Crippen LogP contribution is -2.13. The van der Waals surface area contributed by atoms with E-state index >= 15 is 0 Å². The Balaban J connectivity index is 2.32. The Kier molecular flexibility index (Phi) is 4.59. The van der Waals surface area contributed by atoms with Crippen LogP contribution in [0.4, 0.5) is 11.4 Å². The predicted molar refractivity (Wildman–Crippen MR) is 84.9 cm³/mol. The molecule has 108 valence electrons. The number of aryl methyl sites for hydroxylation is 1. The van der Waals surface area contributed by atoms with Crippen molar-refractivity contribution in [3.8, 4) is 0 Å². The Morgan fingerprint density at radius 2 is 2.00 bits per heavy atom. The number of amides is 1. The van der Waals surface area contributed by atoms with Crippen molar-refractivity contribution in [1.82, 2.24) is 0 Å². The molecule has 0 aliphatic heterocycles. The molecule has 0 spiro atoms. The van der Waals surface area contributed by atoms with Gasteiger partial charge in [-0.25, -0.2) is 0 Å². The molecule has 0 aliphatic carbocycles. The number of carbonyl (C=O) groups is 1. The van der Waals surface area contributed by atoms with Crippen molar-refractivity contribution in [2.75, 3.05) is 5.32 Å². The molecule has 0 saturated heterocycles. The zero-order valence-electron chi connectivity index (χ0n) is 10.9. The van der Waals surface area contributed by atoms with Crippen LogP contribution in [0.5, 0.6) is 0 Å². The Morgan fingerprint density at radius 1 is 1.29 bits per heavy atom. The van der Waals surface area contributed by atoms with Crippen LogP contribution < -0.4 is 5.32 Å². The fraction of sp³-hybridized carbons (Fsp3) is 0.0714. The normalized spacial score (nSPS) is 10.2. The molecule has 2 rings (SSSR count). The molecule has 2 aromatic carbocycles. The zero-order chi connectivity index (χ0) is 15.6. The summed E-state index contributed by atoms with van der Waals surface area (Å²) in [5, 5.41) is 13.6. The lowest BCUT2D eigenvalue weighted by molar-refractivity contribution is -0.384. The van der Waals surface area contributed by atoms with Crippen LogP contribution in [-0.2, 0) is 0 Å². The third-order valence-electron chi connectivity index (χ3n) is 2.84. The van der Waals surface area contributed by atoms with E-state index in [1.165, 1.54) is 12.1 Å². The van der Waals surface area contributed by atoms with E-state index in [0.29, 0.717) is 5.69 Å². The monoisotopic (exact) mass is 368 g/mol. The van der Waals surface area contributed by atoms with Gasteiger partial charge in [-0.1, -0.05) is 27.5 Å². The minimum absolute atomic E-state index is 0.0631. The maximum Gasteiger partial charge on any atom is 0.270 e. The van der Waals surface area contributed by atoms with Crippen molar-refractivity contribution in [1.29, 1.82) is 0 Å². The standard InChI is InChI=1S/C14H10BrClN2O3/c1-8-6-9(15)2-5-13(8)17-14(19)11-7-10(18(20)21)3-4-12(11)16/h2-7H,1H3,(H,17,19). The van der Waals surface area contributed by atoms with E-state index in [4.69, 9.17) is 11.6 Å². The number of nitro benzene ring substituents is 1. The Hall–Kier alpha value is -1.92. The van der Waals surface area contributed by atoms with Crippen LogP contribution in [0.15, 0.2) is 40.9 Å². The molecule has 0 aromatic heterocycles. The van der Waals surface area contributed by atoms with Gasteiger partial charge in [0, 0.05) is 22.3 Å². The van der Waals surface area contributed by atoms with Gasteiger partial charge in [0.15, 0.2) is 0 Å². The van der Waals surface area contributed by atoms with Crippen LogP contribution in [0.1, 0.15) is 15.9 Å². The second-order valence-corrected chi connectivity index (χ2v) is 5.66. The summed E-state index contributed by atoms with van der Waals surface area (Å²) in [6.07, 6.45) is 0. The van der Waals surface area contributed by atoms with Crippen LogP contribution in [0.3, 0.4) is 0 Å². The highest BCUT2D eigenvalue weighted by Crippen LogP contribution is 2.25. The van der Waals surface area contributed by atoms with Gasteiger partial charge in [0.2, 0.25) is 0 Å². The molecule has 0 atom stereocenters. The van der Waals surface area contributed by atoms with Crippen molar-refractivity contribution in [3.05, 3.63) is 67.1 Å².